The molecule has 2 N–H and O–H groups in total. The lowest BCUT2D eigenvalue weighted by Gasteiger charge is -2.41. The third kappa shape index (κ3) is 6.67. The first-order chi connectivity index (χ1) is 18.0. The Balaban J connectivity index is 1.47. The maximum absolute atomic E-state index is 13.7. The summed E-state index contributed by atoms with van der Waals surface area (Å²) in [6.07, 6.45) is 2.35. The molecule has 0 spiro atoms. The van der Waals surface area contributed by atoms with Gasteiger partial charge in [0.05, 0.1) is 0 Å². The number of carbonyl (C=O) groups is 3. The van der Waals surface area contributed by atoms with Crippen LogP contribution in [-0.2, 0) is 11.2 Å². The highest BCUT2D eigenvalue weighted by atomic mass is 16.2. The summed E-state index contributed by atoms with van der Waals surface area (Å²) >= 11 is 0. The highest BCUT2D eigenvalue weighted by Crippen LogP contribution is 2.17. The number of fused-ring (bicyclic) bond motifs is 1. The molecule has 1 aliphatic heterocycles. The number of piperazine rings is 1. The lowest BCUT2D eigenvalue weighted by Crippen LogP contribution is -2.60. The molecule has 1 aliphatic rings. The van der Waals surface area contributed by atoms with Crippen molar-refractivity contribution in [3.63, 3.8) is 0 Å². The Hall–Kier alpha value is -3.87. The van der Waals surface area contributed by atoms with E-state index in [1.165, 1.54) is 0 Å². The molecule has 4 rings (SSSR count). The van der Waals surface area contributed by atoms with Crippen LogP contribution in [0.25, 0.3) is 10.8 Å². The van der Waals surface area contributed by atoms with Crippen molar-refractivity contribution < 1.29 is 14.4 Å². The summed E-state index contributed by atoms with van der Waals surface area (Å²) in [5.41, 5.74) is 1.49. The number of benzene rings is 3. The molecule has 0 saturated carbocycles. The minimum atomic E-state index is -0.710. The Bertz CT molecular complexity index is 1230. The number of hydrogen-bond acceptors (Lipinski definition) is 3. The van der Waals surface area contributed by atoms with E-state index in [-0.39, 0.29) is 23.9 Å². The summed E-state index contributed by atoms with van der Waals surface area (Å²) in [7, 11) is 0. The number of nitrogens with one attached hydrogen (secondary N) is 2. The fraction of sp³-hybridized carbons (Fsp3) is 0.367. The minimum Gasteiger partial charge on any atom is -0.340 e. The van der Waals surface area contributed by atoms with E-state index >= 15 is 0 Å². The van der Waals surface area contributed by atoms with Gasteiger partial charge >= 0.3 is 6.03 Å². The van der Waals surface area contributed by atoms with Crippen molar-refractivity contribution >= 4 is 28.6 Å². The fourth-order valence-electron chi connectivity index (χ4n) is 4.78. The van der Waals surface area contributed by atoms with Gasteiger partial charge in [-0.1, -0.05) is 74.0 Å². The fourth-order valence-corrected chi connectivity index (χ4v) is 4.78. The standard InChI is InChI=1S/C30H36N4O3/c1-3-4-16-31-30(37)34-18-17-33(21-22(34)2)29(36)27(19-23-10-6-5-7-11-23)32-28(35)26-15-14-24-12-8-9-13-25(24)20-26/h5-15,20,22,27H,3-4,16-19,21H2,1-2H3,(H,31,37)(H,32,35). The second-order valence-electron chi connectivity index (χ2n) is 9.69. The van der Waals surface area contributed by atoms with Gasteiger partial charge in [0.1, 0.15) is 6.04 Å². The van der Waals surface area contributed by atoms with Gasteiger partial charge in [-0.2, -0.15) is 0 Å². The third-order valence-corrected chi connectivity index (χ3v) is 6.90. The van der Waals surface area contributed by atoms with Crippen LogP contribution in [0.3, 0.4) is 0 Å². The van der Waals surface area contributed by atoms with Crippen LogP contribution in [0.4, 0.5) is 4.79 Å². The minimum absolute atomic E-state index is 0.0847. The zero-order chi connectivity index (χ0) is 26.2. The molecule has 0 aliphatic carbocycles. The Labute approximate surface area is 218 Å². The molecule has 0 bridgehead atoms. The first kappa shape index (κ1) is 26.2. The number of amides is 4. The molecule has 194 valence electrons. The lowest BCUT2D eigenvalue weighted by molar-refractivity contribution is -0.135. The first-order valence-electron chi connectivity index (χ1n) is 13.1. The summed E-state index contributed by atoms with van der Waals surface area (Å²) in [6.45, 7) is 6.02. The number of urea groups is 1. The van der Waals surface area contributed by atoms with Crippen LogP contribution in [0.5, 0.6) is 0 Å². The van der Waals surface area contributed by atoms with Gasteiger partial charge < -0.3 is 20.4 Å². The predicted octanol–water partition coefficient (Wildman–Crippen LogP) is 4.22. The van der Waals surface area contributed by atoms with Gasteiger partial charge in [0, 0.05) is 44.2 Å². The van der Waals surface area contributed by atoms with Crippen LogP contribution in [0.1, 0.15) is 42.6 Å². The first-order valence-corrected chi connectivity index (χ1v) is 13.1. The maximum atomic E-state index is 13.7. The SMILES string of the molecule is CCCCNC(=O)N1CCN(C(=O)C(Cc2ccccc2)NC(=O)c2ccc3ccccc3c2)CC1C. The monoisotopic (exact) mass is 500 g/mol. The van der Waals surface area contributed by atoms with Crippen molar-refractivity contribution in [2.45, 2.75) is 45.2 Å². The molecule has 1 heterocycles. The Morgan fingerprint density at radius 2 is 1.68 bits per heavy atom. The van der Waals surface area contributed by atoms with Gasteiger partial charge in [0.15, 0.2) is 0 Å². The van der Waals surface area contributed by atoms with E-state index < -0.39 is 6.04 Å². The molecule has 0 radical (unpaired) electrons. The molecule has 3 aromatic rings. The van der Waals surface area contributed by atoms with E-state index in [9.17, 15) is 14.4 Å². The summed E-state index contributed by atoms with van der Waals surface area (Å²) in [4.78, 5) is 43.1. The lowest BCUT2D eigenvalue weighted by atomic mass is 10.0. The highest BCUT2D eigenvalue weighted by Gasteiger charge is 2.33. The van der Waals surface area contributed by atoms with Crippen molar-refractivity contribution in [3.8, 4) is 0 Å². The van der Waals surface area contributed by atoms with E-state index in [1.807, 2.05) is 73.7 Å². The number of unbranched alkanes of at least 4 members (excludes halogenated alkanes) is 1. The van der Waals surface area contributed by atoms with Crippen molar-refractivity contribution in [2.75, 3.05) is 26.2 Å². The average Bonchev–Trinajstić information content (AvgIpc) is 2.92. The van der Waals surface area contributed by atoms with E-state index in [1.54, 1.807) is 15.9 Å². The van der Waals surface area contributed by atoms with Crippen LogP contribution in [0.2, 0.25) is 0 Å². The summed E-state index contributed by atoms with van der Waals surface area (Å²) in [5, 5.41) is 8.00. The summed E-state index contributed by atoms with van der Waals surface area (Å²) in [5.74, 6) is -0.405. The molecule has 1 fully saturated rings. The maximum Gasteiger partial charge on any atom is 0.317 e. The largest absolute Gasteiger partial charge is 0.340 e. The van der Waals surface area contributed by atoms with Crippen LogP contribution >= 0.6 is 0 Å². The van der Waals surface area contributed by atoms with Gasteiger partial charge in [-0.15, -0.1) is 0 Å². The third-order valence-electron chi connectivity index (χ3n) is 6.90. The van der Waals surface area contributed by atoms with Crippen LogP contribution in [0, 0.1) is 0 Å². The normalized spacial score (nSPS) is 16.3. The molecule has 7 nitrogen and oxygen atoms in total. The van der Waals surface area contributed by atoms with Gasteiger partial charge in [-0.05, 0) is 41.8 Å². The Morgan fingerprint density at radius 3 is 2.41 bits per heavy atom. The molecular formula is C30H36N4O3. The molecule has 7 heteroatoms. The van der Waals surface area contributed by atoms with E-state index in [2.05, 4.69) is 17.6 Å². The van der Waals surface area contributed by atoms with Crippen LogP contribution < -0.4 is 10.6 Å². The van der Waals surface area contributed by atoms with Crippen LogP contribution in [0.15, 0.2) is 72.8 Å². The van der Waals surface area contributed by atoms with Gasteiger partial charge in [0.2, 0.25) is 5.91 Å². The number of carbonyl (C=O) groups excluding carboxylic acids is 3. The molecule has 2 atom stereocenters. The average molecular weight is 501 g/mol. The Kier molecular flexibility index (Phi) is 8.77. The zero-order valence-electron chi connectivity index (χ0n) is 21.7. The summed E-state index contributed by atoms with van der Waals surface area (Å²) in [6, 6.07) is 22.3. The summed E-state index contributed by atoms with van der Waals surface area (Å²) < 4.78 is 0. The second-order valence-corrected chi connectivity index (χ2v) is 9.69. The second kappa shape index (κ2) is 12.4. The smallest absolute Gasteiger partial charge is 0.317 e. The van der Waals surface area contributed by atoms with Gasteiger partial charge in [-0.3, -0.25) is 9.59 Å². The highest BCUT2D eigenvalue weighted by molar-refractivity contribution is 6.00. The molecule has 4 amide bonds. The predicted molar refractivity (Wildman–Crippen MR) is 146 cm³/mol. The van der Waals surface area contributed by atoms with Crippen molar-refractivity contribution in [1.29, 1.82) is 0 Å². The Morgan fingerprint density at radius 1 is 0.946 bits per heavy atom. The van der Waals surface area contributed by atoms with E-state index in [4.69, 9.17) is 0 Å². The number of hydrogen-bond donors (Lipinski definition) is 2. The van der Waals surface area contributed by atoms with Crippen LogP contribution in [-0.4, -0.2) is 65.9 Å². The van der Waals surface area contributed by atoms with Crippen molar-refractivity contribution in [1.82, 2.24) is 20.4 Å². The van der Waals surface area contributed by atoms with Crippen molar-refractivity contribution in [3.05, 3.63) is 83.9 Å². The van der Waals surface area contributed by atoms with E-state index in [0.717, 1.165) is 29.2 Å². The van der Waals surface area contributed by atoms with Gasteiger partial charge in [0.25, 0.3) is 5.91 Å². The molecule has 3 aromatic carbocycles. The molecule has 2 unspecified atom stereocenters. The van der Waals surface area contributed by atoms with Crippen molar-refractivity contribution in [2.24, 2.45) is 0 Å². The topological polar surface area (TPSA) is 81.8 Å². The zero-order valence-corrected chi connectivity index (χ0v) is 21.7. The molecular weight excluding hydrogens is 464 g/mol. The molecule has 1 saturated heterocycles. The van der Waals surface area contributed by atoms with Gasteiger partial charge in [-0.25, -0.2) is 4.79 Å². The molecule has 37 heavy (non-hydrogen) atoms. The molecule has 0 aromatic heterocycles. The quantitative estimate of drug-likeness (QED) is 0.455. The number of rotatable bonds is 8. The number of nitrogens with zero attached hydrogens (tertiary/aromatic N) is 2. The van der Waals surface area contributed by atoms with E-state index in [0.29, 0.717) is 38.2 Å².